The molecule has 2 N–H and O–H groups in total. The Balaban J connectivity index is 1.60. The van der Waals surface area contributed by atoms with Crippen molar-refractivity contribution < 1.29 is 19.4 Å². The lowest BCUT2D eigenvalue weighted by atomic mass is 9.84. The van der Waals surface area contributed by atoms with Crippen molar-refractivity contribution in [3.8, 4) is 5.75 Å². The Morgan fingerprint density at radius 1 is 1.26 bits per heavy atom. The fraction of sp³-hybridized carbons (Fsp3) is 0.500. The Morgan fingerprint density at radius 3 is 2.68 bits per heavy atom. The van der Waals surface area contributed by atoms with E-state index in [0.29, 0.717) is 18.3 Å². The van der Waals surface area contributed by atoms with Gasteiger partial charge >= 0.3 is 12.0 Å². The van der Waals surface area contributed by atoms with E-state index in [-0.39, 0.29) is 17.8 Å². The van der Waals surface area contributed by atoms with Gasteiger partial charge in [-0.05, 0) is 43.7 Å². The Labute approximate surface area is 191 Å². The van der Waals surface area contributed by atoms with E-state index in [0.717, 1.165) is 41.6 Å². The number of hydrogen-bond acceptors (Lipinski definition) is 6. The minimum Gasteiger partial charge on any atom is -0.492 e. The largest absolute Gasteiger partial charge is 0.492 e. The number of benzene rings is 1. The average molecular weight is 464 g/mol. The molecule has 31 heavy (non-hydrogen) atoms. The van der Waals surface area contributed by atoms with Crippen LogP contribution in [0.15, 0.2) is 40.7 Å². The molecule has 0 bridgehead atoms. The number of carboxylic acids is 1. The molecule has 2 amide bonds. The maximum Gasteiger partial charge on any atom is 0.324 e. The SMILES string of the molecule is CCC1CCC(N(CCOc2ccccc2)C(=O)Nc2ncc(SCC(=O)O)s2)CC1. The molecule has 0 saturated heterocycles. The zero-order chi connectivity index (χ0) is 22.1. The number of carbonyl (C=O) groups is 2. The zero-order valence-corrected chi connectivity index (χ0v) is 19.3. The molecule has 0 unspecified atom stereocenters. The highest BCUT2D eigenvalue weighted by molar-refractivity contribution is 8.01. The summed E-state index contributed by atoms with van der Waals surface area (Å²) in [6.45, 7) is 3.14. The third-order valence-electron chi connectivity index (χ3n) is 5.48. The van der Waals surface area contributed by atoms with Crippen molar-refractivity contribution in [3.05, 3.63) is 36.5 Å². The van der Waals surface area contributed by atoms with E-state index in [1.807, 2.05) is 35.2 Å². The lowest BCUT2D eigenvalue weighted by Gasteiger charge is -2.36. The molecule has 7 nitrogen and oxygen atoms in total. The zero-order valence-electron chi connectivity index (χ0n) is 17.7. The number of aliphatic carboxylic acids is 1. The summed E-state index contributed by atoms with van der Waals surface area (Å²) in [6.07, 6.45) is 7.05. The number of thioether (sulfide) groups is 1. The predicted octanol–water partition coefficient (Wildman–Crippen LogP) is 5.20. The number of hydrogen-bond donors (Lipinski definition) is 2. The van der Waals surface area contributed by atoms with Crippen molar-refractivity contribution in [2.75, 3.05) is 24.2 Å². The Kier molecular flexibility index (Phi) is 9.02. The summed E-state index contributed by atoms with van der Waals surface area (Å²) in [5.74, 6) is 0.627. The first kappa shape index (κ1) is 23.4. The van der Waals surface area contributed by atoms with Crippen LogP contribution in [0.4, 0.5) is 9.93 Å². The first-order valence-electron chi connectivity index (χ1n) is 10.6. The van der Waals surface area contributed by atoms with Crippen LogP contribution in [0.1, 0.15) is 39.0 Å². The van der Waals surface area contributed by atoms with Gasteiger partial charge in [0, 0.05) is 6.04 Å². The number of anilines is 1. The van der Waals surface area contributed by atoms with Gasteiger partial charge in [-0.1, -0.05) is 42.9 Å². The third-order valence-corrected chi connectivity index (χ3v) is 7.57. The van der Waals surface area contributed by atoms with Gasteiger partial charge in [0.2, 0.25) is 0 Å². The minimum atomic E-state index is -0.878. The molecule has 9 heteroatoms. The molecule has 0 aliphatic heterocycles. The molecular formula is C22H29N3O4S2. The summed E-state index contributed by atoms with van der Waals surface area (Å²) in [5, 5.41) is 12.2. The Bertz CT molecular complexity index is 838. The van der Waals surface area contributed by atoms with Gasteiger partial charge in [-0.15, -0.1) is 11.8 Å². The highest BCUT2D eigenvalue weighted by Crippen LogP contribution is 2.31. The molecule has 168 valence electrons. The normalized spacial score (nSPS) is 18.4. The maximum absolute atomic E-state index is 13.1. The fourth-order valence-corrected chi connectivity index (χ4v) is 5.36. The van der Waals surface area contributed by atoms with E-state index in [2.05, 4.69) is 17.2 Å². The number of aromatic nitrogens is 1. The van der Waals surface area contributed by atoms with Crippen molar-refractivity contribution in [3.63, 3.8) is 0 Å². The molecule has 1 aliphatic rings. The maximum atomic E-state index is 13.1. The smallest absolute Gasteiger partial charge is 0.324 e. The number of nitrogens with one attached hydrogen (secondary N) is 1. The third kappa shape index (κ3) is 7.43. The summed E-state index contributed by atoms with van der Waals surface area (Å²) in [7, 11) is 0. The van der Waals surface area contributed by atoms with Gasteiger partial charge < -0.3 is 14.7 Å². The van der Waals surface area contributed by atoms with Crippen molar-refractivity contribution in [2.45, 2.75) is 49.3 Å². The summed E-state index contributed by atoms with van der Waals surface area (Å²) in [4.78, 5) is 30.0. The number of rotatable bonds is 10. The second kappa shape index (κ2) is 12.0. The summed E-state index contributed by atoms with van der Waals surface area (Å²) >= 11 is 2.49. The van der Waals surface area contributed by atoms with Gasteiger partial charge in [0.15, 0.2) is 5.13 Å². The summed E-state index contributed by atoms with van der Waals surface area (Å²) in [6, 6.07) is 9.60. The van der Waals surface area contributed by atoms with Gasteiger partial charge in [-0.2, -0.15) is 0 Å². The second-order valence-electron chi connectivity index (χ2n) is 7.53. The lowest BCUT2D eigenvalue weighted by Crippen LogP contribution is -2.46. The van der Waals surface area contributed by atoms with Crippen LogP contribution in [0.25, 0.3) is 0 Å². The summed E-state index contributed by atoms with van der Waals surface area (Å²) < 4.78 is 6.60. The van der Waals surface area contributed by atoms with Gasteiger partial charge in [0.25, 0.3) is 0 Å². The molecule has 0 spiro atoms. The highest BCUT2D eigenvalue weighted by atomic mass is 32.2. The van der Waals surface area contributed by atoms with Gasteiger partial charge in [-0.3, -0.25) is 10.1 Å². The minimum absolute atomic E-state index is 0.0286. The van der Waals surface area contributed by atoms with E-state index in [1.165, 1.54) is 29.5 Å². The van der Waals surface area contributed by atoms with Crippen LogP contribution in [0, 0.1) is 5.92 Å². The monoisotopic (exact) mass is 463 g/mol. The number of urea groups is 1. The topological polar surface area (TPSA) is 91.8 Å². The van der Waals surface area contributed by atoms with Crippen LogP contribution in [0.2, 0.25) is 0 Å². The molecule has 1 fully saturated rings. The molecule has 3 rings (SSSR count). The fourth-order valence-electron chi connectivity index (χ4n) is 3.77. The number of ether oxygens (including phenoxy) is 1. The highest BCUT2D eigenvalue weighted by Gasteiger charge is 2.28. The van der Waals surface area contributed by atoms with E-state index in [9.17, 15) is 9.59 Å². The Morgan fingerprint density at radius 2 is 2.00 bits per heavy atom. The van der Waals surface area contributed by atoms with Gasteiger partial charge in [0.05, 0.1) is 22.7 Å². The molecule has 0 atom stereocenters. The second-order valence-corrected chi connectivity index (χ2v) is 9.84. The van der Waals surface area contributed by atoms with Crippen molar-refractivity contribution in [2.24, 2.45) is 5.92 Å². The molecule has 1 aromatic carbocycles. The van der Waals surface area contributed by atoms with Gasteiger partial charge in [-0.25, -0.2) is 9.78 Å². The number of carbonyl (C=O) groups excluding carboxylic acids is 1. The van der Waals surface area contributed by atoms with Crippen LogP contribution < -0.4 is 10.1 Å². The van der Waals surface area contributed by atoms with E-state index >= 15 is 0 Å². The van der Waals surface area contributed by atoms with Crippen molar-refractivity contribution >= 4 is 40.2 Å². The molecule has 0 radical (unpaired) electrons. The molecular weight excluding hydrogens is 434 g/mol. The number of nitrogens with zero attached hydrogens (tertiary/aromatic N) is 2. The van der Waals surface area contributed by atoms with Crippen LogP contribution in [0.5, 0.6) is 5.75 Å². The molecule has 1 aromatic heterocycles. The van der Waals surface area contributed by atoms with Crippen LogP contribution in [-0.4, -0.2) is 51.9 Å². The van der Waals surface area contributed by atoms with Gasteiger partial charge in [0.1, 0.15) is 12.4 Å². The van der Waals surface area contributed by atoms with E-state index in [1.54, 1.807) is 6.20 Å². The van der Waals surface area contributed by atoms with Crippen LogP contribution in [-0.2, 0) is 4.79 Å². The van der Waals surface area contributed by atoms with E-state index < -0.39 is 5.97 Å². The number of para-hydroxylation sites is 1. The van der Waals surface area contributed by atoms with E-state index in [4.69, 9.17) is 9.84 Å². The number of thiazole rings is 1. The number of carboxylic acid groups (broad SMARTS) is 1. The van der Waals surface area contributed by atoms with Crippen molar-refractivity contribution in [1.29, 1.82) is 0 Å². The number of amides is 2. The molecule has 1 heterocycles. The van der Waals surface area contributed by atoms with Crippen LogP contribution >= 0.6 is 23.1 Å². The average Bonchev–Trinajstić information content (AvgIpc) is 3.23. The summed E-state index contributed by atoms with van der Waals surface area (Å²) in [5.41, 5.74) is 0. The molecule has 1 saturated carbocycles. The first-order valence-corrected chi connectivity index (χ1v) is 12.4. The van der Waals surface area contributed by atoms with Crippen molar-refractivity contribution in [1.82, 2.24) is 9.88 Å². The quantitative estimate of drug-likeness (QED) is 0.471. The molecule has 2 aromatic rings. The lowest BCUT2D eigenvalue weighted by molar-refractivity contribution is -0.133. The Hall–Kier alpha value is -2.26. The standard InChI is InChI=1S/C22H29N3O4S2/c1-2-16-8-10-17(11-9-16)25(12-13-29-18-6-4-3-5-7-18)22(28)24-21-23-14-20(31-21)30-15-19(26)27/h3-7,14,16-17H,2,8-13,15H2,1H3,(H,26,27)(H,23,24,28). The first-order chi connectivity index (χ1) is 15.0. The predicted molar refractivity (Wildman–Crippen MR) is 124 cm³/mol. The molecule has 1 aliphatic carbocycles. The van der Waals surface area contributed by atoms with Crippen LogP contribution in [0.3, 0.4) is 0 Å².